The number of nitrogens with one attached hydrogen (secondary N) is 1. The number of sulfonamides is 1. The molecule has 10 heteroatoms. The van der Waals surface area contributed by atoms with Crippen molar-refractivity contribution in [3.05, 3.63) is 18.2 Å². The second kappa shape index (κ2) is 10.1. The number of nitrogens with zero attached hydrogens (tertiary/aromatic N) is 1. The molecule has 0 aliphatic carbocycles. The van der Waals surface area contributed by atoms with Crippen LogP contribution in [0.4, 0.5) is 0 Å². The van der Waals surface area contributed by atoms with Crippen molar-refractivity contribution in [3.8, 4) is 11.5 Å². The summed E-state index contributed by atoms with van der Waals surface area (Å²) < 4.78 is 37.6. The number of rotatable bonds is 9. The van der Waals surface area contributed by atoms with Crippen LogP contribution in [-0.4, -0.2) is 63.1 Å². The fourth-order valence-corrected chi connectivity index (χ4v) is 4.92. The van der Waals surface area contributed by atoms with E-state index < -0.39 is 28.0 Å². The van der Waals surface area contributed by atoms with Crippen LogP contribution in [0.5, 0.6) is 11.5 Å². The summed E-state index contributed by atoms with van der Waals surface area (Å²) in [5.41, 5.74) is 0. The van der Waals surface area contributed by atoms with Gasteiger partial charge in [0.1, 0.15) is 6.04 Å². The van der Waals surface area contributed by atoms with Crippen LogP contribution >= 0.6 is 0 Å². The lowest BCUT2D eigenvalue weighted by atomic mass is 9.94. The second-order valence-corrected chi connectivity index (χ2v) is 9.34. The van der Waals surface area contributed by atoms with Crippen LogP contribution in [0.25, 0.3) is 0 Å². The Kier molecular flexibility index (Phi) is 8.08. The lowest BCUT2D eigenvalue weighted by Crippen LogP contribution is -2.49. The van der Waals surface area contributed by atoms with E-state index in [-0.39, 0.29) is 29.8 Å². The third-order valence-electron chi connectivity index (χ3n) is 5.59. The summed E-state index contributed by atoms with van der Waals surface area (Å²) in [6.45, 7) is 3.99. The number of carbonyl (C=O) groups excluding carboxylic acids is 1. The van der Waals surface area contributed by atoms with E-state index in [2.05, 4.69) is 5.32 Å². The molecule has 0 spiro atoms. The van der Waals surface area contributed by atoms with Gasteiger partial charge in [0.2, 0.25) is 15.9 Å². The normalized spacial score (nSPS) is 17.7. The molecule has 2 atom stereocenters. The molecule has 0 saturated carbocycles. The van der Waals surface area contributed by atoms with E-state index in [1.54, 1.807) is 6.92 Å². The highest BCUT2D eigenvalue weighted by atomic mass is 32.2. The summed E-state index contributed by atoms with van der Waals surface area (Å²) in [6, 6.07) is 3.46. The topological polar surface area (TPSA) is 122 Å². The van der Waals surface area contributed by atoms with Crippen LogP contribution in [0.15, 0.2) is 23.1 Å². The largest absolute Gasteiger partial charge is 0.493 e. The highest BCUT2D eigenvalue weighted by molar-refractivity contribution is 7.89. The lowest BCUT2D eigenvalue weighted by Gasteiger charge is -2.31. The Hall–Kier alpha value is -2.33. The molecular weight excluding hydrogens is 412 g/mol. The van der Waals surface area contributed by atoms with Gasteiger partial charge in [-0.25, -0.2) is 13.2 Å². The van der Waals surface area contributed by atoms with Gasteiger partial charge in [-0.1, -0.05) is 20.3 Å². The minimum atomic E-state index is -3.75. The minimum Gasteiger partial charge on any atom is -0.493 e. The highest BCUT2D eigenvalue weighted by Gasteiger charge is 2.34. The number of piperidine rings is 1. The number of carboxylic acid groups (broad SMARTS) is 1. The Morgan fingerprint density at radius 1 is 1.20 bits per heavy atom. The molecular formula is C20H30N2O7S. The molecule has 1 aliphatic rings. The van der Waals surface area contributed by atoms with Gasteiger partial charge in [-0.05, 0) is 30.9 Å². The summed E-state index contributed by atoms with van der Waals surface area (Å²) in [4.78, 5) is 24.1. The van der Waals surface area contributed by atoms with Crippen LogP contribution < -0.4 is 14.8 Å². The van der Waals surface area contributed by atoms with Crippen LogP contribution in [-0.2, 0) is 19.6 Å². The number of ether oxygens (including phenoxy) is 2. The van der Waals surface area contributed by atoms with Gasteiger partial charge in [0, 0.05) is 25.1 Å². The van der Waals surface area contributed by atoms with E-state index in [0.29, 0.717) is 30.8 Å². The predicted octanol–water partition coefficient (Wildman–Crippen LogP) is 1.72. The lowest BCUT2D eigenvalue weighted by molar-refractivity contribution is -0.144. The third-order valence-corrected chi connectivity index (χ3v) is 7.49. The van der Waals surface area contributed by atoms with Gasteiger partial charge < -0.3 is 19.9 Å². The monoisotopic (exact) mass is 442 g/mol. The van der Waals surface area contributed by atoms with Crippen LogP contribution in [0, 0.1) is 11.8 Å². The number of aliphatic carboxylic acids is 1. The van der Waals surface area contributed by atoms with Crippen molar-refractivity contribution < 1.29 is 32.6 Å². The zero-order valence-electron chi connectivity index (χ0n) is 17.8. The van der Waals surface area contributed by atoms with Crippen LogP contribution in [0.2, 0.25) is 0 Å². The first kappa shape index (κ1) is 23.9. The summed E-state index contributed by atoms with van der Waals surface area (Å²) in [7, 11) is -0.848. The molecule has 1 fully saturated rings. The van der Waals surface area contributed by atoms with Crippen LogP contribution in [0.1, 0.15) is 33.1 Å². The molecule has 168 valence electrons. The molecule has 0 aromatic heterocycles. The fraction of sp³-hybridized carbons (Fsp3) is 0.600. The van der Waals surface area contributed by atoms with Gasteiger partial charge in [-0.15, -0.1) is 0 Å². The molecule has 2 rings (SSSR count). The van der Waals surface area contributed by atoms with Gasteiger partial charge in [0.25, 0.3) is 0 Å². The molecule has 1 aromatic carbocycles. The summed E-state index contributed by atoms with van der Waals surface area (Å²) in [5.74, 6) is -1.28. The maximum atomic E-state index is 13.0. The van der Waals surface area contributed by atoms with E-state index in [1.807, 2.05) is 6.92 Å². The van der Waals surface area contributed by atoms with Crippen molar-refractivity contribution in [2.75, 3.05) is 27.3 Å². The number of hydrogen-bond donors (Lipinski definition) is 2. The van der Waals surface area contributed by atoms with E-state index in [4.69, 9.17) is 9.47 Å². The number of carboxylic acids is 1. The predicted molar refractivity (Wildman–Crippen MR) is 110 cm³/mol. The molecule has 30 heavy (non-hydrogen) atoms. The first-order valence-electron chi connectivity index (χ1n) is 9.91. The van der Waals surface area contributed by atoms with Crippen molar-refractivity contribution in [2.24, 2.45) is 11.8 Å². The molecule has 1 aliphatic heterocycles. The standard InChI is InChI=1S/C20H30N2O7S/c1-5-13(2)18(20(24)25)21-19(23)14-8-10-22(11-9-14)30(26,27)15-6-7-16(28-3)17(12-15)29-4/h6-7,12-14,18H,5,8-11H2,1-4H3,(H,21,23)(H,24,25)/t13-,18-/m0/s1. The Bertz CT molecular complexity index is 864. The minimum absolute atomic E-state index is 0.0887. The Balaban J connectivity index is 2.05. The number of carbonyl (C=O) groups is 2. The van der Waals surface area contributed by atoms with Gasteiger partial charge in [-0.2, -0.15) is 4.31 Å². The van der Waals surface area contributed by atoms with Crippen LogP contribution in [0.3, 0.4) is 0 Å². The average Bonchev–Trinajstić information content (AvgIpc) is 2.75. The van der Waals surface area contributed by atoms with Crippen molar-refractivity contribution in [1.29, 1.82) is 0 Å². The van der Waals surface area contributed by atoms with Gasteiger partial charge >= 0.3 is 5.97 Å². The first-order chi connectivity index (χ1) is 14.1. The van der Waals surface area contributed by atoms with E-state index >= 15 is 0 Å². The smallest absolute Gasteiger partial charge is 0.326 e. The Labute approximate surface area is 177 Å². The molecule has 1 heterocycles. The quantitative estimate of drug-likeness (QED) is 0.597. The first-order valence-corrected chi connectivity index (χ1v) is 11.3. The third kappa shape index (κ3) is 5.23. The highest BCUT2D eigenvalue weighted by Crippen LogP contribution is 2.32. The molecule has 1 amide bonds. The number of methoxy groups -OCH3 is 2. The van der Waals surface area contributed by atoms with Crippen molar-refractivity contribution >= 4 is 21.9 Å². The molecule has 0 bridgehead atoms. The van der Waals surface area contributed by atoms with E-state index in [0.717, 1.165) is 0 Å². The van der Waals surface area contributed by atoms with Gasteiger partial charge in [0.15, 0.2) is 11.5 Å². The zero-order valence-corrected chi connectivity index (χ0v) is 18.6. The number of hydrogen-bond acceptors (Lipinski definition) is 6. The number of amides is 1. The van der Waals surface area contributed by atoms with Gasteiger partial charge in [-0.3, -0.25) is 4.79 Å². The van der Waals surface area contributed by atoms with Crippen molar-refractivity contribution in [1.82, 2.24) is 9.62 Å². The molecule has 1 aromatic rings. The molecule has 0 unspecified atom stereocenters. The molecule has 2 N–H and O–H groups in total. The summed E-state index contributed by atoms with van der Waals surface area (Å²) in [5, 5.41) is 12.0. The molecule has 1 saturated heterocycles. The maximum absolute atomic E-state index is 13.0. The Morgan fingerprint density at radius 3 is 2.30 bits per heavy atom. The summed E-state index contributed by atoms with van der Waals surface area (Å²) in [6.07, 6.45) is 1.27. The Morgan fingerprint density at radius 2 is 1.80 bits per heavy atom. The summed E-state index contributed by atoms with van der Waals surface area (Å²) >= 11 is 0. The SMILES string of the molecule is CC[C@H](C)[C@H](NC(=O)C1CCN(S(=O)(=O)c2ccc(OC)c(OC)c2)CC1)C(=O)O. The molecule has 9 nitrogen and oxygen atoms in total. The number of benzene rings is 1. The zero-order chi connectivity index (χ0) is 22.5. The van der Waals surface area contributed by atoms with Crippen molar-refractivity contribution in [2.45, 2.75) is 44.0 Å². The van der Waals surface area contributed by atoms with Crippen molar-refractivity contribution in [3.63, 3.8) is 0 Å². The maximum Gasteiger partial charge on any atom is 0.326 e. The average molecular weight is 443 g/mol. The second-order valence-electron chi connectivity index (χ2n) is 7.41. The van der Waals surface area contributed by atoms with Gasteiger partial charge in [0.05, 0.1) is 19.1 Å². The van der Waals surface area contributed by atoms with E-state index in [1.165, 1.54) is 36.7 Å². The van der Waals surface area contributed by atoms with E-state index in [9.17, 15) is 23.1 Å². The molecule has 0 radical (unpaired) electrons. The fourth-order valence-electron chi connectivity index (χ4n) is 3.44.